The number of carbonyl (C=O) groups is 4. The van der Waals surface area contributed by atoms with Crippen molar-refractivity contribution >= 4 is 23.5 Å². The first-order valence-electron chi connectivity index (χ1n) is 9.63. The molecule has 0 aliphatic rings. The molecular weight excluding hydrogens is 336 g/mol. The molecule has 26 heavy (non-hydrogen) atoms. The molecule has 0 rings (SSSR count). The zero-order valence-corrected chi connectivity index (χ0v) is 17.1. The highest BCUT2D eigenvalue weighted by Gasteiger charge is 2.47. The highest BCUT2D eigenvalue weighted by Crippen LogP contribution is 2.34. The smallest absolute Gasteiger partial charge is 0.299 e. The van der Waals surface area contributed by atoms with Crippen LogP contribution in [0.5, 0.6) is 0 Å². The second-order valence-corrected chi connectivity index (χ2v) is 6.93. The number of Topliss-reactive ketones (excluding diaryl/α,β-unsaturated/α-hetero) is 2. The molecule has 2 atom stereocenters. The van der Waals surface area contributed by atoms with Crippen molar-refractivity contribution in [3.05, 3.63) is 0 Å². The largest absolute Gasteiger partial charge is 0.368 e. The Bertz CT molecular complexity index is 466. The molecule has 0 aromatic heterocycles. The van der Waals surface area contributed by atoms with Crippen LogP contribution in [0, 0.1) is 10.8 Å². The molecule has 6 nitrogen and oxygen atoms in total. The van der Waals surface area contributed by atoms with Gasteiger partial charge in [0.1, 0.15) is 22.4 Å². The quantitative estimate of drug-likeness (QED) is 0.288. The number of hydrogen-bond donors (Lipinski definition) is 0. The van der Waals surface area contributed by atoms with E-state index >= 15 is 0 Å². The standard InChI is InChI=1S/C20H34O6/c1-7-11-13-19(9-3,15(5)21)17(23)25-26-18(24)20(10-4,16(6)22)14-12-8-2/h7-14H2,1-6H3. The van der Waals surface area contributed by atoms with Crippen LogP contribution in [0.4, 0.5) is 0 Å². The van der Waals surface area contributed by atoms with Crippen molar-refractivity contribution in [3.8, 4) is 0 Å². The Kier molecular flexibility index (Phi) is 10.4. The summed E-state index contributed by atoms with van der Waals surface area (Å²) in [5.41, 5.74) is -2.63. The van der Waals surface area contributed by atoms with Crippen LogP contribution in [0.2, 0.25) is 0 Å². The van der Waals surface area contributed by atoms with E-state index in [1.807, 2.05) is 13.8 Å². The van der Waals surface area contributed by atoms with Crippen molar-refractivity contribution in [2.45, 2.75) is 92.9 Å². The molecule has 0 heterocycles. The summed E-state index contributed by atoms with van der Waals surface area (Å²) in [6, 6.07) is 0. The molecule has 0 aliphatic heterocycles. The summed E-state index contributed by atoms with van der Waals surface area (Å²) in [7, 11) is 0. The molecule has 0 amide bonds. The molecule has 0 aromatic rings. The first kappa shape index (κ1) is 24.3. The fourth-order valence-electron chi connectivity index (χ4n) is 3.18. The van der Waals surface area contributed by atoms with E-state index in [1.54, 1.807) is 13.8 Å². The van der Waals surface area contributed by atoms with Gasteiger partial charge in [-0.25, -0.2) is 19.4 Å². The van der Waals surface area contributed by atoms with E-state index in [2.05, 4.69) is 0 Å². The van der Waals surface area contributed by atoms with Gasteiger partial charge in [0, 0.05) is 0 Å². The maximum absolute atomic E-state index is 12.5. The van der Waals surface area contributed by atoms with Crippen molar-refractivity contribution in [2.24, 2.45) is 10.8 Å². The van der Waals surface area contributed by atoms with E-state index in [0.717, 1.165) is 12.8 Å². The molecule has 0 saturated heterocycles. The summed E-state index contributed by atoms with van der Waals surface area (Å²) >= 11 is 0. The SMILES string of the molecule is CCCCC(CC)(C(C)=O)C(=O)OOC(=O)C(CC)(CCCC)C(C)=O. The number of hydrogen-bond acceptors (Lipinski definition) is 6. The van der Waals surface area contributed by atoms with Gasteiger partial charge in [-0.05, 0) is 39.5 Å². The van der Waals surface area contributed by atoms with Crippen molar-refractivity contribution in [1.82, 2.24) is 0 Å². The number of carbonyl (C=O) groups excluding carboxylic acids is 4. The van der Waals surface area contributed by atoms with E-state index < -0.39 is 22.8 Å². The fraction of sp³-hybridized carbons (Fsp3) is 0.800. The molecule has 0 bridgehead atoms. The highest BCUT2D eigenvalue weighted by molar-refractivity contribution is 6.04. The van der Waals surface area contributed by atoms with Crippen LogP contribution >= 0.6 is 0 Å². The zero-order valence-electron chi connectivity index (χ0n) is 17.1. The highest BCUT2D eigenvalue weighted by atomic mass is 17.2. The minimum atomic E-state index is -1.31. The van der Waals surface area contributed by atoms with Gasteiger partial charge in [0.05, 0.1) is 0 Å². The summed E-state index contributed by atoms with van der Waals surface area (Å²) < 4.78 is 0. The van der Waals surface area contributed by atoms with E-state index in [-0.39, 0.29) is 24.4 Å². The fourth-order valence-corrected chi connectivity index (χ4v) is 3.18. The van der Waals surface area contributed by atoms with Gasteiger partial charge >= 0.3 is 11.9 Å². The Morgan fingerprint density at radius 3 is 1.15 bits per heavy atom. The molecular formula is C20H34O6. The summed E-state index contributed by atoms with van der Waals surface area (Å²) in [5.74, 6) is -2.35. The average Bonchev–Trinajstić information content (AvgIpc) is 2.61. The predicted octanol–water partition coefficient (Wildman–Crippen LogP) is 4.34. The summed E-state index contributed by atoms with van der Waals surface area (Å²) in [5, 5.41) is 0. The van der Waals surface area contributed by atoms with Crippen LogP contribution in [-0.2, 0) is 29.0 Å². The minimum Gasteiger partial charge on any atom is -0.299 e. The lowest BCUT2D eigenvalue weighted by Gasteiger charge is -2.29. The van der Waals surface area contributed by atoms with Gasteiger partial charge in [-0.3, -0.25) is 9.59 Å². The second kappa shape index (κ2) is 11.1. The van der Waals surface area contributed by atoms with Crippen LogP contribution in [0.3, 0.4) is 0 Å². The maximum atomic E-state index is 12.5. The molecule has 0 spiro atoms. The predicted molar refractivity (Wildman–Crippen MR) is 98.0 cm³/mol. The lowest BCUT2D eigenvalue weighted by atomic mass is 9.77. The van der Waals surface area contributed by atoms with Crippen LogP contribution < -0.4 is 0 Å². The van der Waals surface area contributed by atoms with E-state index in [1.165, 1.54) is 13.8 Å². The molecule has 6 heteroatoms. The van der Waals surface area contributed by atoms with Gasteiger partial charge in [-0.15, -0.1) is 0 Å². The van der Waals surface area contributed by atoms with Crippen molar-refractivity contribution < 1.29 is 29.0 Å². The Morgan fingerprint density at radius 1 is 0.654 bits per heavy atom. The van der Waals surface area contributed by atoms with Crippen molar-refractivity contribution in [2.75, 3.05) is 0 Å². The summed E-state index contributed by atoms with van der Waals surface area (Å²) in [6.07, 6.45) is 4.21. The van der Waals surface area contributed by atoms with Crippen molar-refractivity contribution in [3.63, 3.8) is 0 Å². The summed E-state index contributed by atoms with van der Waals surface area (Å²) in [4.78, 5) is 58.9. The Balaban J connectivity index is 5.32. The zero-order chi connectivity index (χ0) is 20.4. The molecule has 0 radical (unpaired) electrons. The summed E-state index contributed by atoms with van der Waals surface area (Å²) in [6.45, 7) is 10.1. The van der Waals surface area contributed by atoms with Gasteiger partial charge in [-0.2, -0.15) is 0 Å². The molecule has 0 aliphatic carbocycles. The van der Waals surface area contributed by atoms with Gasteiger partial charge in [-0.1, -0.05) is 53.4 Å². The van der Waals surface area contributed by atoms with Gasteiger partial charge in [0.25, 0.3) is 0 Å². The van der Waals surface area contributed by atoms with E-state index in [9.17, 15) is 19.2 Å². The lowest BCUT2D eigenvalue weighted by molar-refractivity contribution is -0.272. The molecule has 0 fully saturated rings. The Morgan fingerprint density at radius 2 is 0.962 bits per heavy atom. The van der Waals surface area contributed by atoms with Crippen LogP contribution in [0.25, 0.3) is 0 Å². The normalized spacial score (nSPS) is 15.5. The molecule has 150 valence electrons. The third-order valence-corrected chi connectivity index (χ3v) is 5.44. The van der Waals surface area contributed by atoms with Crippen LogP contribution in [-0.4, -0.2) is 23.5 Å². The average molecular weight is 370 g/mol. The van der Waals surface area contributed by atoms with Crippen molar-refractivity contribution in [1.29, 1.82) is 0 Å². The van der Waals surface area contributed by atoms with Crippen LogP contribution in [0.1, 0.15) is 92.9 Å². The molecule has 0 N–H and O–H groups in total. The van der Waals surface area contributed by atoms with Gasteiger partial charge in [0.2, 0.25) is 0 Å². The monoisotopic (exact) mass is 370 g/mol. The topological polar surface area (TPSA) is 86.7 Å². The van der Waals surface area contributed by atoms with Gasteiger partial charge in [0.15, 0.2) is 0 Å². The maximum Gasteiger partial charge on any atom is 0.368 e. The third-order valence-electron chi connectivity index (χ3n) is 5.44. The third kappa shape index (κ3) is 5.39. The van der Waals surface area contributed by atoms with E-state index in [0.29, 0.717) is 25.7 Å². The minimum absolute atomic E-state index is 0.264. The number of ketones is 2. The van der Waals surface area contributed by atoms with Crippen LogP contribution in [0.15, 0.2) is 0 Å². The Hall–Kier alpha value is -1.72. The van der Waals surface area contributed by atoms with E-state index in [4.69, 9.17) is 9.78 Å². The lowest BCUT2D eigenvalue weighted by Crippen LogP contribution is -2.42. The molecule has 2 unspecified atom stereocenters. The first-order valence-corrected chi connectivity index (χ1v) is 9.63. The second-order valence-electron chi connectivity index (χ2n) is 6.93. The Labute approximate surface area is 156 Å². The number of unbranched alkanes of at least 4 members (excludes halogenated alkanes) is 2. The molecule has 0 aromatic carbocycles. The molecule has 0 saturated carbocycles. The first-order chi connectivity index (χ1) is 12.2. The van der Waals surface area contributed by atoms with Gasteiger partial charge < -0.3 is 0 Å². The number of rotatable bonds is 12.